The van der Waals surface area contributed by atoms with Gasteiger partial charge >= 0.3 is 6.03 Å². The fraction of sp³-hybridized carbons (Fsp3) is 0.500. The third-order valence-electron chi connectivity index (χ3n) is 4.74. The fourth-order valence-corrected chi connectivity index (χ4v) is 3.34. The number of carbonyl (C=O) groups is 4. The van der Waals surface area contributed by atoms with Crippen LogP contribution in [0.5, 0.6) is 5.75 Å². The van der Waals surface area contributed by atoms with Crippen molar-refractivity contribution < 1.29 is 28.3 Å². The van der Waals surface area contributed by atoms with Crippen molar-refractivity contribution in [2.45, 2.75) is 58.1 Å². The van der Waals surface area contributed by atoms with Gasteiger partial charge in [0.05, 0.1) is 0 Å². The molecule has 5 amide bonds. The van der Waals surface area contributed by atoms with E-state index in [0.29, 0.717) is 25.7 Å². The standard InChI is InChI=1S/C20H27FN4O5/c1-4-10-20(11-5-2)18(28)25(19(29)22-20)12-16(26)23-24-17(27)13(3)30-15-9-7-6-8-14(15)21/h6-9,13H,4-5,10-12H2,1-3H3,(H,22,29)(H,23,26)(H,24,27)/t13-/m0/s1. The van der Waals surface area contributed by atoms with Crippen molar-refractivity contribution in [3.8, 4) is 5.75 Å². The van der Waals surface area contributed by atoms with Crippen LogP contribution >= 0.6 is 0 Å². The van der Waals surface area contributed by atoms with E-state index in [9.17, 15) is 23.6 Å². The molecule has 164 valence electrons. The molecular formula is C20H27FN4O5. The number of urea groups is 1. The minimum Gasteiger partial charge on any atom is -0.478 e. The van der Waals surface area contributed by atoms with Crippen molar-refractivity contribution >= 4 is 23.8 Å². The summed E-state index contributed by atoms with van der Waals surface area (Å²) in [5, 5.41) is 2.70. The maximum absolute atomic E-state index is 13.6. The molecule has 1 heterocycles. The molecular weight excluding hydrogens is 395 g/mol. The van der Waals surface area contributed by atoms with Crippen LogP contribution in [0.3, 0.4) is 0 Å². The summed E-state index contributed by atoms with van der Waals surface area (Å²) in [5.74, 6) is -2.66. The third kappa shape index (κ3) is 5.25. The van der Waals surface area contributed by atoms with E-state index >= 15 is 0 Å². The van der Waals surface area contributed by atoms with Crippen LogP contribution in [0, 0.1) is 5.82 Å². The van der Waals surface area contributed by atoms with Crippen LogP contribution in [0.2, 0.25) is 0 Å². The molecule has 2 rings (SSSR count). The summed E-state index contributed by atoms with van der Waals surface area (Å²) >= 11 is 0. The number of para-hydroxylation sites is 1. The van der Waals surface area contributed by atoms with Gasteiger partial charge in [0.25, 0.3) is 17.7 Å². The Morgan fingerprint density at radius 3 is 2.40 bits per heavy atom. The van der Waals surface area contributed by atoms with Gasteiger partial charge in [0.15, 0.2) is 17.7 Å². The number of amides is 5. The summed E-state index contributed by atoms with van der Waals surface area (Å²) in [4.78, 5) is 50.1. The number of hydrogen-bond acceptors (Lipinski definition) is 5. The maximum atomic E-state index is 13.6. The molecule has 0 spiro atoms. The van der Waals surface area contributed by atoms with Gasteiger partial charge in [-0.05, 0) is 31.9 Å². The van der Waals surface area contributed by atoms with Crippen molar-refractivity contribution in [3.05, 3.63) is 30.1 Å². The smallest absolute Gasteiger partial charge is 0.325 e. The average Bonchev–Trinajstić information content (AvgIpc) is 2.92. The van der Waals surface area contributed by atoms with Crippen LogP contribution in [0.1, 0.15) is 46.5 Å². The van der Waals surface area contributed by atoms with E-state index in [1.54, 1.807) is 6.07 Å². The van der Waals surface area contributed by atoms with E-state index in [0.717, 1.165) is 4.90 Å². The van der Waals surface area contributed by atoms with E-state index in [-0.39, 0.29) is 5.75 Å². The Hall–Kier alpha value is -3.17. The second-order valence-corrected chi connectivity index (χ2v) is 7.13. The summed E-state index contributed by atoms with van der Waals surface area (Å²) < 4.78 is 18.8. The predicted octanol–water partition coefficient (Wildman–Crippen LogP) is 1.63. The number of nitrogens with zero attached hydrogens (tertiary/aromatic N) is 1. The van der Waals surface area contributed by atoms with Crippen molar-refractivity contribution in [1.29, 1.82) is 0 Å². The highest BCUT2D eigenvalue weighted by atomic mass is 19.1. The van der Waals surface area contributed by atoms with E-state index in [1.807, 2.05) is 13.8 Å². The molecule has 1 aromatic rings. The zero-order valence-corrected chi connectivity index (χ0v) is 17.3. The Kier molecular flexibility index (Phi) is 7.73. The number of halogens is 1. The molecule has 10 heteroatoms. The number of nitrogens with one attached hydrogen (secondary N) is 3. The van der Waals surface area contributed by atoms with Crippen LogP contribution in [0.25, 0.3) is 0 Å². The zero-order chi connectivity index (χ0) is 22.3. The monoisotopic (exact) mass is 422 g/mol. The van der Waals surface area contributed by atoms with Gasteiger partial charge < -0.3 is 10.1 Å². The van der Waals surface area contributed by atoms with E-state index < -0.39 is 47.8 Å². The quantitative estimate of drug-likeness (QED) is 0.413. The molecule has 0 aromatic heterocycles. The predicted molar refractivity (Wildman–Crippen MR) is 106 cm³/mol. The zero-order valence-electron chi connectivity index (χ0n) is 17.3. The third-order valence-corrected chi connectivity index (χ3v) is 4.74. The number of rotatable bonds is 9. The highest BCUT2D eigenvalue weighted by Gasteiger charge is 2.50. The lowest BCUT2D eigenvalue weighted by Gasteiger charge is -2.25. The van der Waals surface area contributed by atoms with Gasteiger partial charge in [-0.15, -0.1) is 0 Å². The van der Waals surface area contributed by atoms with Crippen molar-refractivity contribution in [3.63, 3.8) is 0 Å². The lowest BCUT2D eigenvalue weighted by Crippen LogP contribution is -2.51. The molecule has 9 nitrogen and oxygen atoms in total. The van der Waals surface area contributed by atoms with Crippen molar-refractivity contribution in [1.82, 2.24) is 21.1 Å². The molecule has 0 unspecified atom stereocenters. The molecule has 0 aliphatic carbocycles. The first-order valence-corrected chi connectivity index (χ1v) is 9.88. The Bertz CT molecular complexity index is 810. The number of benzene rings is 1. The number of carbonyl (C=O) groups excluding carboxylic acids is 4. The number of hydrazine groups is 1. The van der Waals surface area contributed by atoms with Crippen LogP contribution < -0.4 is 20.9 Å². The Labute approximate surface area is 174 Å². The molecule has 1 aromatic carbocycles. The van der Waals surface area contributed by atoms with Gasteiger partial charge in [0.2, 0.25) is 0 Å². The van der Waals surface area contributed by atoms with E-state index in [4.69, 9.17) is 4.74 Å². The highest BCUT2D eigenvalue weighted by molar-refractivity contribution is 6.09. The normalized spacial score (nSPS) is 16.1. The van der Waals surface area contributed by atoms with Gasteiger partial charge in [0, 0.05) is 0 Å². The SMILES string of the molecule is CCCC1(CCC)NC(=O)N(CC(=O)NNC(=O)[C@H](C)Oc2ccccc2F)C1=O. The largest absolute Gasteiger partial charge is 0.478 e. The van der Waals surface area contributed by atoms with Gasteiger partial charge in [-0.25, -0.2) is 9.18 Å². The van der Waals surface area contributed by atoms with Crippen LogP contribution in [-0.4, -0.2) is 46.8 Å². The van der Waals surface area contributed by atoms with Crippen LogP contribution in [0.15, 0.2) is 24.3 Å². The van der Waals surface area contributed by atoms with Crippen LogP contribution in [-0.2, 0) is 14.4 Å². The number of ether oxygens (including phenoxy) is 1. The molecule has 1 aliphatic heterocycles. The molecule has 1 aliphatic rings. The summed E-state index contributed by atoms with van der Waals surface area (Å²) in [6, 6.07) is 4.96. The average molecular weight is 422 g/mol. The van der Waals surface area contributed by atoms with Gasteiger partial charge in [0.1, 0.15) is 12.1 Å². The number of hydrogen-bond donors (Lipinski definition) is 3. The Morgan fingerprint density at radius 2 is 1.80 bits per heavy atom. The lowest BCUT2D eigenvalue weighted by molar-refractivity contribution is -0.137. The molecule has 0 bridgehead atoms. The Morgan fingerprint density at radius 1 is 1.17 bits per heavy atom. The minimum atomic E-state index is -1.10. The highest BCUT2D eigenvalue weighted by Crippen LogP contribution is 2.27. The van der Waals surface area contributed by atoms with Crippen LogP contribution in [0.4, 0.5) is 9.18 Å². The fourth-order valence-electron chi connectivity index (χ4n) is 3.34. The second kappa shape index (κ2) is 10.0. The van der Waals surface area contributed by atoms with E-state index in [2.05, 4.69) is 16.2 Å². The van der Waals surface area contributed by atoms with Gasteiger partial charge in [-0.2, -0.15) is 0 Å². The van der Waals surface area contributed by atoms with Crippen molar-refractivity contribution in [2.75, 3.05) is 6.54 Å². The first-order chi connectivity index (χ1) is 14.2. The molecule has 1 atom stereocenters. The lowest BCUT2D eigenvalue weighted by atomic mass is 9.88. The molecule has 30 heavy (non-hydrogen) atoms. The topological polar surface area (TPSA) is 117 Å². The summed E-state index contributed by atoms with van der Waals surface area (Å²) in [6.45, 7) is 4.66. The molecule has 1 fully saturated rings. The number of imide groups is 1. The Balaban J connectivity index is 1.89. The molecule has 0 radical (unpaired) electrons. The minimum absolute atomic E-state index is 0.103. The summed E-state index contributed by atoms with van der Waals surface area (Å²) in [7, 11) is 0. The van der Waals surface area contributed by atoms with Gasteiger partial charge in [-0.3, -0.25) is 30.1 Å². The molecule has 3 N–H and O–H groups in total. The first kappa shape index (κ1) is 23.1. The van der Waals surface area contributed by atoms with E-state index in [1.165, 1.54) is 25.1 Å². The maximum Gasteiger partial charge on any atom is 0.325 e. The second-order valence-electron chi connectivity index (χ2n) is 7.13. The van der Waals surface area contributed by atoms with Gasteiger partial charge in [-0.1, -0.05) is 38.8 Å². The first-order valence-electron chi connectivity index (χ1n) is 9.88. The summed E-state index contributed by atoms with van der Waals surface area (Å²) in [6.07, 6.45) is 1.25. The van der Waals surface area contributed by atoms with Crippen molar-refractivity contribution in [2.24, 2.45) is 0 Å². The molecule has 0 saturated carbocycles. The molecule has 1 saturated heterocycles. The summed E-state index contributed by atoms with van der Waals surface area (Å²) in [5.41, 5.74) is 3.28.